The Morgan fingerprint density at radius 3 is 2.94 bits per heavy atom. The topological polar surface area (TPSA) is 73.7 Å². The average Bonchev–Trinajstić information content (AvgIpc) is 2.39. The molecular weight excluding hydrogens is 232 g/mol. The predicted octanol–water partition coefficient (Wildman–Crippen LogP) is 0.984. The molecule has 0 aromatic carbocycles. The summed E-state index contributed by atoms with van der Waals surface area (Å²) in [5.74, 6) is -0.593. The number of likely N-dealkylation sites (tertiary alicyclic amines) is 1. The second-order valence-electron chi connectivity index (χ2n) is 4.77. The molecule has 0 bridgehead atoms. The van der Waals surface area contributed by atoms with E-state index in [4.69, 9.17) is 10.2 Å². The van der Waals surface area contributed by atoms with Gasteiger partial charge in [-0.1, -0.05) is 0 Å². The van der Waals surface area contributed by atoms with Gasteiger partial charge in [0.1, 0.15) is 0 Å². The number of aliphatic hydroxyl groups is 1. The number of aliphatic hydroxyl groups excluding tert-OH is 1. The highest BCUT2D eigenvalue weighted by molar-refractivity contribution is 5.87. The summed E-state index contributed by atoms with van der Waals surface area (Å²) in [6.07, 6.45) is 3.57. The first kappa shape index (κ1) is 13.0. The molecule has 0 amide bonds. The van der Waals surface area contributed by atoms with Gasteiger partial charge in [0.25, 0.3) is 0 Å². The van der Waals surface area contributed by atoms with E-state index in [0.717, 1.165) is 38.2 Å². The minimum atomic E-state index is -0.952. The van der Waals surface area contributed by atoms with Gasteiger partial charge in [-0.15, -0.1) is 0 Å². The molecule has 0 spiro atoms. The summed E-state index contributed by atoms with van der Waals surface area (Å²) < 4.78 is 0. The summed E-state index contributed by atoms with van der Waals surface area (Å²) in [6.45, 7) is 2.86. The summed E-state index contributed by atoms with van der Waals surface area (Å²) in [7, 11) is 0. The van der Waals surface area contributed by atoms with Gasteiger partial charge in [-0.2, -0.15) is 0 Å². The lowest BCUT2D eigenvalue weighted by Crippen LogP contribution is -2.36. The Hall–Kier alpha value is -1.46. The first-order chi connectivity index (χ1) is 8.69. The van der Waals surface area contributed by atoms with Crippen molar-refractivity contribution in [2.45, 2.75) is 19.4 Å². The van der Waals surface area contributed by atoms with Gasteiger partial charge in [-0.25, -0.2) is 4.79 Å². The highest BCUT2D eigenvalue weighted by atomic mass is 16.4. The van der Waals surface area contributed by atoms with Crippen LogP contribution in [0.2, 0.25) is 0 Å². The Bertz CT molecular complexity index is 405. The number of rotatable bonds is 4. The second kappa shape index (κ2) is 5.93. The van der Waals surface area contributed by atoms with Gasteiger partial charge in [0.2, 0.25) is 0 Å². The zero-order valence-electron chi connectivity index (χ0n) is 10.2. The third-order valence-electron chi connectivity index (χ3n) is 3.32. The van der Waals surface area contributed by atoms with Crippen LogP contribution in [0.4, 0.5) is 0 Å². The van der Waals surface area contributed by atoms with Gasteiger partial charge in [0, 0.05) is 25.9 Å². The predicted molar refractivity (Wildman–Crippen MR) is 66.3 cm³/mol. The van der Waals surface area contributed by atoms with E-state index in [-0.39, 0.29) is 12.2 Å². The largest absolute Gasteiger partial charge is 0.478 e. The zero-order valence-corrected chi connectivity index (χ0v) is 10.2. The molecule has 0 unspecified atom stereocenters. The number of piperidine rings is 1. The van der Waals surface area contributed by atoms with E-state index in [9.17, 15) is 4.79 Å². The Morgan fingerprint density at radius 1 is 1.50 bits per heavy atom. The number of carboxylic acid groups (broad SMARTS) is 1. The molecule has 2 heterocycles. The fourth-order valence-corrected chi connectivity index (χ4v) is 2.32. The molecule has 5 heteroatoms. The molecule has 1 atom stereocenters. The number of hydrogen-bond acceptors (Lipinski definition) is 4. The first-order valence-corrected chi connectivity index (χ1v) is 6.20. The van der Waals surface area contributed by atoms with Gasteiger partial charge in [0.15, 0.2) is 0 Å². The van der Waals surface area contributed by atoms with Crippen molar-refractivity contribution in [1.29, 1.82) is 0 Å². The van der Waals surface area contributed by atoms with Crippen LogP contribution >= 0.6 is 0 Å². The molecule has 1 aliphatic heterocycles. The van der Waals surface area contributed by atoms with E-state index in [1.807, 2.05) is 0 Å². The summed E-state index contributed by atoms with van der Waals surface area (Å²) in [5.41, 5.74) is 1.09. The van der Waals surface area contributed by atoms with Crippen LogP contribution < -0.4 is 0 Å². The summed E-state index contributed by atoms with van der Waals surface area (Å²) in [4.78, 5) is 17.1. The second-order valence-corrected chi connectivity index (χ2v) is 4.77. The molecule has 1 aromatic rings. The van der Waals surface area contributed by atoms with E-state index >= 15 is 0 Å². The van der Waals surface area contributed by atoms with Crippen molar-refractivity contribution in [1.82, 2.24) is 9.88 Å². The van der Waals surface area contributed by atoms with E-state index in [0.29, 0.717) is 5.92 Å². The fraction of sp³-hybridized carbons (Fsp3) is 0.538. The van der Waals surface area contributed by atoms with E-state index in [1.54, 1.807) is 12.1 Å². The Balaban J connectivity index is 1.94. The van der Waals surface area contributed by atoms with E-state index < -0.39 is 5.97 Å². The molecule has 1 saturated heterocycles. The molecule has 2 N–H and O–H groups in total. The minimum absolute atomic E-state index is 0.214. The molecule has 0 saturated carbocycles. The number of aromatic carboxylic acids is 1. The van der Waals surface area contributed by atoms with Gasteiger partial charge in [0.05, 0.1) is 11.3 Å². The quantitative estimate of drug-likeness (QED) is 0.833. The normalized spacial score (nSPS) is 20.8. The van der Waals surface area contributed by atoms with Crippen molar-refractivity contribution in [3.05, 3.63) is 29.6 Å². The van der Waals surface area contributed by atoms with Crippen molar-refractivity contribution in [2.75, 3.05) is 19.7 Å². The van der Waals surface area contributed by atoms with Gasteiger partial charge < -0.3 is 10.2 Å². The zero-order chi connectivity index (χ0) is 13.0. The number of aromatic nitrogens is 1. The molecule has 18 heavy (non-hydrogen) atoms. The van der Waals surface area contributed by atoms with Crippen LogP contribution in [0.15, 0.2) is 18.3 Å². The molecule has 98 valence electrons. The fourth-order valence-electron chi connectivity index (χ4n) is 2.32. The van der Waals surface area contributed by atoms with Crippen molar-refractivity contribution in [3.63, 3.8) is 0 Å². The standard InChI is InChI=1S/C13H18N2O3/c16-9-10-2-1-5-15(7-10)8-12-4-3-11(6-14-12)13(17)18/h3-4,6,10,16H,1-2,5,7-9H2,(H,17,18)/t10-/m0/s1. The summed E-state index contributed by atoms with van der Waals surface area (Å²) in [5, 5.41) is 18.0. The molecule has 2 rings (SSSR count). The molecule has 1 aromatic heterocycles. The molecular formula is C13H18N2O3. The Labute approximate surface area is 106 Å². The van der Waals surface area contributed by atoms with Gasteiger partial charge in [-0.3, -0.25) is 9.88 Å². The van der Waals surface area contributed by atoms with Crippen LogP contribution in [0, 0.1) is 5.92 Å². The molecule has 0 aliphatic carbocycles. The lowest BCUT2D eigenvalue weighted by Gasteiger charge is -2.31. The molecule has 5 nitrogen and oxygen atoms in total. The van der Waals surface area contributed by atoms with Crippen molar-refractivity contribution in [3.8, 4) is 0 Å². The first-order valence-electron chi connectivity index (χ1n) is 6.20. The molecule has 1 aliphatic rings. The van der Waals surface area contributed by atoms with Crippen LogP contribution in [0.5, 0.6) is 0 Å². The smallest absolute Gasteiger partial charge is 0.337 e. The maximum absolute atomic E-state index is 10.7. The maximum Gasteiger partial charge on any atom is 0.337 e. The number of nitrogens with zero attached hydrogens (tertiary/aromatic N) is 2. The third kappa shape index (κ3) is 3.27. The van der Waals surface area contributed by atoms with Crippen LogP contribution in [0.1, 0.15) is 28.9 Å². The summed E-state index contributed by atoms with van der Waals surface area (Å²) >= 11 is 0. The Kier molecular flexibility index (Phi) is 4.28. The highest BCUT2D eigenvalue weighted by Crippen LogP contribution is 2.17. The van der Waals surface area contributed by atoms with E-state index in [1.165, 1.54) is 6.20 Å². The number of pyridine rings is 1. The molecule has 0 radical (unpaired) electrons. The SMILES string of the molecule is O=C(O)c1ccc(CN2CCC[C@H](CO)C2)nc1. The Morgan fingerprint density at radius 2 is 2.33 bits per heavy atom. The number of carboxylic acids is 1. The minimum Gasteiger partial charge on any atom is -0.478 e. The van der Waals surface area contributed by atoms with E-state index in [2.05, 4.69) is 9.88 Å². The average molecular weight is 250 g/mol. The number of carbonyl (C=O) groups is 1. The third-order valence-corrected chi connectivity index (χ3v) is 3.32. The maximum atomic E-state index is 10.7. The van der Waals surface area contributed by atoms with Gasteiger partial charge in [-0.05, 0) is 37.4 Å². The van der Waals surface area contributed by atoms with Gasteiger partial charge >= 0.3 is 5.97 Å². The van der Waals surface area contributed by atoms with Crippen LogP contribution in [0.3, 0.4) is 0 Å². The van der Waals surface area contributed by atoms with Crippen molar-refractivity contribution in [2.24, 2.45) is 5.92 Å². The summed E-state index contributed by atoms with van der Waals surface area (Å²) in [6, 6.07) is 3.34. The monoisotopic (exact) mass is 250 g/mol. The highest BCUT2D eigenvalue weighted by Gasteiger charge is 2.19. The van der Waals surface area contributed by atoms with Crippen molar-refractivity contribution < 1.29 is 15.0 Å². The van der Waals surface area contributed by atoms with Crippen LogP contribution in [0.25, 0.3) is 0 Å². The van der Waals surface area contributed by atoms with Crippen molar-refractivity contribution >= 4 is 5.97 Å². The van der Waals surface area contributed by atoms with Crippen LogP contribution in [-0.2, 0) is 6.54 Å². The van der Waals surface area contributed by atoms with Crippen LogP contribution in [-0.4, -0.2) is 45.8 Å². The number of hydrogen-bond donors (Lipinski definition) is 2. The lowest BCUT2D eigenvalue weighted by atomic mass is 9.99. The molecule has 1 fully saturated rings. The lowest BCUT2D eigenvalue weighted by molar-refractivity contribution is 0.0696.